The molecule has 0 aliphatic carbocycles. The molecule has 0 unspecified atom stereocenters. The lowest BCUT2D eigenvalue weighted by Crippen LogP contribution is -2.03. The van der Waals surface area contributed by atoms with Crippen LogP contribution in [0.2, 0.25) is 0 Å². The number of aryl methyl sites for hydroxylation is 1. The topological polar surface area (TPSA) is 24.9 Å². The van der Waals surface area contributed by atoms with Crippen LogP contribution in [-0.4, -0.2) is 23.5 Å². The largest absolute Gasteiger partial charge is 0.370 e. The molecule has 1 aromatic rings. The summed E-state index contributed by atoms with van der Waals surface area (Å²) in [4.78, 5) is 4.33. The highest BCUT2D eigenvalue weighted by molar-refractivity contribution is 9.10. The van der Waals surface area contributed by atoms with Crippen LogP contribution >= 0.6 is 27.7 Å². The monoisotopic (exact) mass is 316 g/mol. The van der Waals surface area contributed by atoms with Gasteiger partial charge >= 0.3 is 0 Å². The number of pyridine rings is 1. The van der Waals surface area contributed by atoms with E-state index in [0.29, 0.717) is 0 Å². The first-order valence-corrected chi connectivity index (χ1v) is 8.27. The molecule has 0 radical (unpaired) electrons. The standard InChI is InChI=1S/C13H21BrN2S/c1-11-9-13(16-10-12(11)14)15-7-5-3-4-6-8-17-2/h9-10H,3-8H2,1-2H3,(H,15,16). The predicted molar refractivity (Wildman–Crippen MR) is 82.0 cm³/mol. The van der Waals surface area contributed by atoms with Crippen LogP contribution in [0.4, 0.5) is 5.82 Å². The number of hydrogen-bond acceptors (Lipinski definition) is 3. The highest BCUT2D eigenvalue weighted by Crippen LogP contribution is 2.17. The number of aromatic nitrogens is 1. The minimum atomic E-state index is 0.981. The number of thioether (sulfide) groups is 1. The molecule has 1 heterocycles. The van der Waals surface area contributed by atoms with Gasteiger partial charge < -0.3 is 5.32 Å². The fourth-order valence-corrected chi connectivity index (χ4v) is 2.29. The summed E-state index contributed by atoms with van der Waals surface area (Å²) in [5, 5.41) is 3.37. The molecule has 1 N–H and O–H groups in total. The van der Waals surface area contributed by atoms with E-state index in [9.17, 15) is 0 Å². The third kappa shape index (κ3) is 6.32. The maximum Gasteiger partial charge on any atom is 0.126 e. The van der Waals surface area contributed by atoms with Crippen LogP contribution in [0.5, 0.6) is 0 Å². The lowest BCUT2D eigenvalue weighted by atomic mass is 10.2. The van der Waals surface area contributed by atoms with Gasteiger partial charge in [-0.1, -0.05) is 12.8 Å². The summed E-state index contributed by atoms with van der Waals surface area (Å²) in [7, 11) is 0. The first kappa shape index (κ1) is 14.8. The van der Waals surface area contributed by atoms with E-state index in [1.54, 1.807) is 0 Å². The molecule has 4 heteroatoms. The Morgan fingerprint density at radius 2 is 2.06 bits per heavy atom. The predicted octanol–water partition coefficient (Wildman–Crippen LogP) is 4.49. The second-order valence-electron chi connectivity index (χ2n) is 4.15. The van der Waals surface area contributed by atoms with Crippen LogP contribution in [0, 0.1) is 6.92 Å². The number of unbranched alkanes of at least 4 members (excludes halogenated alkanes) is 3. The molecule has 96 valence electrons. The van der Waals surface area contributed by atoms with Crippen LogP contribution < -0.4 is 5.32 Å². The summed E-state index contributed by atoms with van der Waals surface area (Å²) >= 11 is 5.39. The summed E-state index contributed by atoms with van der Waals surface area (Å²) in [5.41, 5.74) is 1.22. The van der Waals surface area contributed by atoms with Crippen molar-refractivity contribution in [3.63, 3.8) is 0 Å². The minimum absolute atomic E-state index is 0.981. The van der Waals surface area contributed by atoms with Crippen molar-refractivity contribution in [3.05, 3.63) is 22.3 Å². The van der Waals surface area contributed by atoms with E-state index in [1.165, 1.54) is 37.0 Å². The van der Waals surface area contributed by atoms with Gasteiger partial charge in [0.15, 0.2) is 0 Å². The van der Waals surface area contributed by atoms with Gasteiger partial charge in [-0.25, -0.2) is 4.98 Å². The lowest BCUT2D eigenvalue weighted by Gasteiger charge is -2.07. The van der Waals surface area contributed by atoms with E-state index in [2.05, 4.69) is 45.5 Å². The van der Waals surface area contributed by atoms with Crippen molar-refractivity contribution in [2.75, 3.05) is 23.9 Å². The van der Waals surface area contributed by atoms with Crippen LogP contribution in [0.25, 0.3) is 0 Å². The maximum atomic E-state index is 4.33. The van der Waals surface area contributed by atoms with Crippen LogP contribution in [-0.2, 0) is 0 Å². The van der Waals surface area contributed by atoms with Crippen molar-refractivity contribution in [1.82, 2.24) is 4.98 Å². The molecule has 0 spiro atoms. The fourth-order valence-electron chi connectivity index (χ4n) is 1.58. The highest BCUT2D eigenvalue weighted by atomic mass is 79.9. The molecule has 0 atom stereocenters. The highest BCUT2D eigenvalue weighted by Gasteiger charge is 1.98. The van der Waals surface area contributed by atoms with Gasteiger partial charge in [0, 0.05) is 17.2 Å². The van der Waals surface area contributed by atoms with Crippen LogP contribution in [0.3, 0.4) is 0 Å². The van der Waals surface area contributed by atoms with E-state index >= 15 is 0 Å². The van der Waals surface area contributed by atoms with E-state index in [1.807, 2.05) is 18.0 Å². The van der Waals surface area contributed by atoms with Gasteiger partial charge in [0.2, 0.25) is 0 Å². The number of nitrogens with zero attached hydrogens (tertiary/aromatic N) is 1. The van der Waals surface area contributed by atoms with Gasteiger partial charge in [-0.3, -0.25) is 0 Å². The molecule has 1 rings (SSSR count). The third-order valence-electron chi connectivity index (χ3n) is 2.63. The quantitative estimate of drug-likeness (QED) is 0.715. The molecule has 2 nitrogen and oxygen atoms in total. The Balaban J connectivity index is 2.11. The van der Waals surface area contributed by atoms with Crippen molar-refractivity contribution >= 4 is 33.5 Å². The summed E-state index contributed by atoms with van der Waals surface area (Å²) < 4.78 is 1.07. The molecule has 1 aromatic heterocycles. The molecule has 0 saturated heterocycles. The smallest absolute Gasteiger partial charge is 0.126 e. The lowest BCUT2D eigenvalue weighted by molar-refractivity contribution is 0.688. The molecule has 0 saturated carbocycles. The zero-order valence-corrected chi connectivity index (χ0v) is 13.0. The Labute approximate surface area is 117 Å². The van der Waals surface area contributed by atoms with Gasteiger partial charge in [0.25, 0.3) is 0 Å². The Morgan fingerprint density at radius 3 is 2.76 bits per heavy atom. The normalized spacial score (nSPS) is 10.5. The second kappa shape index (κ2) is 8.81. The van der Waals surface area contributed by atoms with Crippen molar-refractivity contribution in [1.29, 1.82) is 0 Å². The number of nitrogens with one attached hydrogen (secondary N) is 1. The molecule has 0 aliphatic heterocycles. The summed E-state index contributed by atoms with van der Waals surface area (Å²) in [6, 6.07) is 2.08. The maximum absolute atomic E-state index is 4.33. The Bertz CT molecular complexity index is 331. The Hall–Kier alpha value is -0.220. The van der Waals surface area contributed by atoms with Crippen LogP contribution in [0.1, 0.15) is 31.2 Å². The van der Waals surface area contributed by atoms with E-state index in [4.69, 9.17) is 0 Å². The zero-order valence-electron chi connectivity index (χ0n) is 10.6. The van der Waals surface area contributed by atoms with Crippen molar-refractivity contribution in [2.45, 2.75) is 32.6 Å². The third-order valence-corrected chi connectivity index (χ3v) is 4.16. The summed E-state index contributed by atoms with van der Waals surface area (Å²) in [5.74, 6) is 2.27. The van der Waals surface area contributed by atoms with Gasteiger partial charge in [0.05, 0.1) is 0 Å². The van der Waals surface area contributed by atoms with E-state index in [0.717, 1.165) is 16.8 Å². The molecular formula is C13H21BrN2S. The van der Waals surface area contributed by atoms with Gasteiger partial charge in [0.1, 0.15) is 5.82 Å². The molecular weight excluding hydrogens is 296 g/mol. The van der Waals surface area contributed by atoms with Gasteiger partial charge in [-0.15, -0.1) is 0 Å². The van der Waals surface area contributed by atoms with Gasteiger partial charge in [-0.05, 0) is 59.3 Å². The first-order chi connectivity index (χ1) is 8.24. The molecule has 0 aliphatic rings. The Morgan fingerprint density at radius 1 is 1.29 bits per heavy atom. The number of halogens is 1. The van der Waals surface area contributed by atoms with Crippen molar-refractivity contribution in [2.24, 2.45) is 0 Å². The average molecular weight is 317 g/mol. The Kier molecular flexibility index (Phi) is 7.69. The van der Waals surface area contributed by atoms with Crippen molar-refractivity contribution < 1.29 is 0 Å². The first-order valence-electron chi connectivity index (χ1n) is 6.09. The molecule has 0 fully saturated rings. The SMILES string of the molecule is CSCCCCCCNc1cc(C)c(Br)cn1. The van der Waals surface area contributed by atoms with Crippen molar-refractivity contribution in [3.8, 4) is 0 Å². The van der Waals surface area contributed by atoms with E-state index in [-0.39, 0.29) is 0 Å². The molecule has 0 bridgehead atoms. The molecule has 0 aromatic carbocycles. The number of rotatable bonds is 8. The number of hydrogen-bond donors (Lipinski definition) is 1. The van der Waals surface area contributed by atoms with E-state index < -0.39 is 0 Å². The zero-order chi connectivity index (χ0) is 12.5. The minimum Gasteiger partial charge on any atom is -0.370 e. The number of anilines is 1. The molecule has 17 heavy (non-hydrogen) atoms. The molecule has 0 amide bonds. The summed E-state index contributed by atoms with van der Waals surface area (Å²) in [6.07, 6.45) is 9.25. The fraction of sp³-hybridized carbons (Fsp3) is 0.615. The summed E-state index contributed by atoms with van der Waals surface area (Å²) in [6.45, 7) is 3.10. The van der Waals surface area contributed by atoms with Crippen LogP contribution in [0.15, 0.2) is 16.7 Å². The average Bonchev–Trinajstić information content (AvgIpc) is 2.32. The second-order valence-corrected chi connectivity index (χ2v) is 5.99. The van der Waals surface area contributed by atoms with Gasteiger partial charge in [-0.2, -0.15) is 11.8 Å².